The van der Waals surface area contributed by atoms with E-state index in [-0.39, 0.29) is 0 Å². The summed E-state index contributed by atoms with van der Waals surface area (Å²) in [6.45, 7) is 0. The first-order valence-corrected chi connectivity index (χ1v) is 6.00. The molecule has 0 bridgehead atoms. The van der Waals surface area contributed by atoms with E-state index in [1.165, 1.54) is 6.42 Å². The molecule has 0 amide bonds. The maximum Gasteiger partial charge on any atom is 0.309 e. The molecule has 1 aliphatic carbocycles. The highest BCUT2D eigenvalue weighted by Crippen LogP contribution is 2.39. The van der Waals surface area contributed by atoms with E-state index in [0.717, 1.165) is 31.2 Å². The molecule has 0 spiro atoms. The van der Waals surface area contributed by atoms with Crippen LogP contribution in [0.25, 0.3) is 0 Å². The number of aliphatic carboxylic acids is 1. The van der Waals surface area contributed by atoms with Gasteiger partial charge in [0.2, 0.25) is 0 Å². The minimum atomic E-state index is -0.615. The largest absolute Gasteiger partial charge is 0.481 e. The third-order valence-corrected chi connectivity index (χ3v) is 3.65. The van der Waals surface area contributed by atoms with Crippen LogP contribution in [-0.4, -0.2) is 11.1 Å². The van der Waals surface area contributed by atoms with Gasteiger partial charge in [-0.05, 0) is 24.8 Å². The monoisotopic (exact) mass is 218 g/mol. The number of rotatable bonds is 3. The normalized spacial score (nSPS) is 19.2. The molecule has 2 rings (SSSR count). The SMILES string of the molecule is O=C(O)C1(Cc2ccccc2)CCCCC1. The maximum absolute atomic E-state index is 11.5. The molecular formula is C14H18O2. The Labute approximate surface area is 96.3 Å². The first-order chi connectivity index (χ1) is 7.73. The Morgan fingerprint density at radius 2 is 1.75 bits per heavy atom. The van der Waals surface area contributed by atoms with Crippen molar-refractivity contribution in [2.45, 2.75) is 38.5 Å². The minimum absolute atomic E-state index is 0.500. The minimum Gasteiger partial charge on any atom is -0.481 e. The molecule has 86 valence electrons. The van der Waals surface area contributed by atoms with Crippen LogP contribution >= 0.6 is 0 Å². The van der Waals surface area contributed by atoms with Gasteiger partial charge in [-0.3, -0.25) is 4.79 Å². The van der Waals surface area contributed by atoms with Crippen molar-refractivity contribution in [3.05, 3.63) is 35.9 Å². The predicted octanol–water partition coefficient (Wildman–Crippen LogP) is 3.26. The summed E-state index contributed by atoms with van der Waals surface area (Å²) in [4.78, 5) is 11.5. The number of carboxylic acid groups (broad SMARTS) is 1. The molecule has 0 aromatic heterocycles. The van der Waals surface area contributed by atoms with Crippen LogP contribution in [-0.2, 0) is 11.2 Å². The summed E-state index contributed by atoms with van der Waals surface area (Å²) in [5.74, 6) is -0.615. The van der Waals surface area contributed by atoms with Gasteiger partial charge in [0.25, 0.3) is 0 Å². The second-order valence-electron chi connectivity index (χ2n) is 4.81. The summed E-state index contributed by atoms with van der Waals surface area (Å²) in [6, 6.07) is 9.98. The molecule has 1 aromatic carbocycles. The molecule has 0 saturated heterocycles. The van der Waals surface area contributed by atoms with E-state index in [2.05, 4.69) is 0 Å². The molecule has 2 heteroatoms. The highest BCUT2D eigenvalue weighted by molar-refractivity contribution is 5.75. The number of hydrogen-bond donors (Lipinski definition) is 1. The molecule has 0 atom stereocenters. The third kappa shape index (κ3) is 2.26. The number of hydrogen-bond acceptors (Lipinski definition) is 1. The van der Waals surface area contributed by atoms with Crippen LogP contribution in [0.2, 0.25) is 0 Å². The zero-order valence-corrected chi connectivity index (χ0v) is 9.48. The molecule has 1 saturated carbocycles. The second kappa shape index (κ2) is 4.69. The average molecular weight is 218 g/mol. The topological polar surface area (TPSA) is 37.3 Å². The van der Waals surface area contributed by atoms with E-state index in [9.17, 15) is 9.90 Å². The Morgan fingerprint density at radius 1 is 1.12 bits per heavy atom. The van der Waals surface area contributed by atoms with Crippen molar-refractivity contribution in [3.63, 3.8) is 0 Å². The lowest BCUT2D eigenvalue weighted by molar-refractivity contribution is -0.151. The molecule has 0 heterocycles. The van der Waals surface area contributed by atoms with E-state index in [1.54, 1.807) is 0 Å². The number of carbonyl (C=O) groups is 1. The molecule has 1 fully saturated rings. The van der Waals surface area contributed by atoms with Gasteiger partial charge in [0, 0.05) is 0 Å². The average Bonchev–Trinajstić information content (AvgIpc) is 2.31. The smallest absolute Gasteiger partial charge is 0.309 e. The predicted molar refractivity (Wildman–Crippen MR) is 63.3 cm³/mol. The van der Waals surface area contributed by atoms with Crippen molar-refractivity contribution in [1.82, 2.24) is 0 Å². The lowest BCUT2D eigenvalue weighted by Crippen LogP contribution is -2.35. The van der Waals surface area contributed by atoms with Crippen molar-refractivity contribution in [3.8, 4) is 0 Å². The molecule has 1 aliphatic rings. The van der Waals surface area contributed by atoms with Gasteiger partial charge in [-0.15, -0.1) is 0 Å². The highest BCUT2D eigenvalue weighted by Gasteiger charge is 2.39. The standard InChI is InChI=1S/C14H18O2/c15-13(16)14(9-5-2-6-10-14)11-12-7-3-1-4-8-12/h1,3-4,7-8H,2,5-6,9-11H2,(H,15,16). The van der Waals surface area contributed by atoms with Gasteiger partial charge in [0.1, 0.15) is 0 Å². The Balaban J connectivity index is 2.17. The van der Waals surface area contributed by atoms with Gasteiger partial charge >= 0.3 is 5.97 Å². The van der Waals surface area contributed by atoms with Gasteiger partial charge in [-0.1, -0.05) is 49.6 Å². The van der Waals surface area contributed by atoms with Crippen LogP contribution < -0.4 is 0 Å². The quantitative estimate of drug-likeness (QED) is 0.845. The molecule has 0 radical (unpaired) electrons. The Kier molecular flexibility index (Phi) is 3.28. The molecule has 0 aliphatic heterocycles. The highest BCUT2D eigenvalue weighted by atomic mass is 16.4. The molecule has 1 aromatic rings. The lowest BCUT2D eigenvalue weighted by atomic mass is 9.70. The van der Waals surface area contributed by atoms with Crippen LogP contribution in [0.3, 0.4) is 0 Å². The molecule has 1 N–H and O–H groups in total. The first kappa shape index (κ1) is 11.2. The van der Waals surface area contributed by atoms with Crippen molar-refractivity contribution in [1.29, 1.82) is 0 Å². The maximum atomic E-state index is 11.5. The van der Waals surface area contributed by atoms with Crippen LogP contribution in [0, 0.1) is 5.41 Å². The fourth-order valence-electron chi connectivity index (χ4n) is 2.68. The van der Waals surface area contributed by atoms with Gasteiger partial charge in [0.05, 0.1) is 5.41 Å². The van der Waals surface area contributed by atoms with Crippen LogP contribution in [0.1, 0.15) is 37.7 Å². The first-order valence-electron chi connectivity index (χ1n) is 6.00. The number of carboxylic acids is 1. The molecule has 2 nitrogen and oxygen atoms in total. The Hall–Kier alpha value is -1.31. The fourth-order valence-corrected chi connectivity index (χ4v) is 2.68. The third-order valence-electron chi connectivity index (χ3n) is 3.65. The fraction of sp³-hybridized carbons (Fsp3) is 0.500. The van der Waals surface area contributed by atoms with Crippen molar-refractivity contribution >= 4 is 5.97 Å². The van der Waals surface area contributed by atoms with E-state index >= 15 is 0 Å². The molecular weight excluding hydrogens is 200 g/mol. The van der Waals surface area contributed by atoms with Crippen molar-refractivity contribution in [2.75, 3.05) is 0 Å². The van der Waals surface area contributed by atoms with E-state index in [0.29, 0.717) is 6.42 Å². The van der Waals surface area contributed by atoms with Crippen molar-refractivity contribution in [2.24, 2.45) is 5.41 Å². The number of benzene rings is 1. The zero-order valence-electron chi connectivity index (χ0n) is 9.48. The Bertz CT molecular complexity index is 350. The Morgan fingerprint density at radius 3 is 2.31 bits per heavy atom. The van der Waals surface area contributed by atoms with Gasteiger partial charge < -0.3 is 5.11 Å². The second-order valence-corrected chi connectivity index (χ2v) is 4.81. The summed E-state index contributed by atoms with van der Waals surface area (Å²) in [5, 5.41) is 9.45. The van der Waals surface area contributed by atoms with Gasteiger partial charge in [-0.2, -0.15) is 0 Å². The van der Waals surface area contributed by atoms with Gasteiger partial charge in [-0.25, -0.2) is 0 Å². The van der Waals surface area contributed by atoms with E-state index in [1.807, 2.05) is 30.3 Å². The van der Waals surface area contributed by atoms with Crippen LogP contribution in [0.15, 0.2) is 30.3 Å². The van der Waals surface area contributed by atoms with Gasteiger partial charge in [0.15, 0.2) is 0 Å². The summed E-state index contributed by atoms with van der Waals surface area (Å²) < 4.78 is 0. The lowest BCUT2D eigenvalue weighted by Gasteiger charge is -2.33. The van der Waals surface area contributed by atoms with E-state index in [4.69, 9.17) is 0 Å². The van der Waals surface area contributed by atoms with Crippen molar-refractivity contribution < 1.29 is 9.90 Å². The summed E-state index contributed by atoms with van der Waals surface area (Å²) >= 11 is 0. The van der Waals surface area contributed by atoms with Crippen LogP contribution in [0.5, 0.6) is 0 Å². The summed E-state index contributed by atoms with van der Waals surface area (Å²) in [5.41, 5.74) is 0.645. The summed E-state index contributed by atoms with van der Waals surface area (Å²) in [7, 11) is 0. The zero-order chi connectivity index (χ0) is 11.4. The molecule has 16 heavy (non-hydrogen) atoms. The summed E-state index contributed by atoms with van der Waals surface area (Å²) in [6.07, 6.45) is 5.64. The van der Waals surface area contributed by atoms with E-state index < -0.39 is 11.4 Å². The molecule has 0 unspecified atom stereocenters. The van der Waals surface area contributed by atoms with Crippen LogP contribution in [0.4, 0.5) is 0 Å².